The van der Waals surface area contributed by atoms with Gasteiger partial charge in [0.15, 0.2) is 0 Å². The summed E-state index contributed by atoms with van der Waals surface area (Å²) < 4.78 is 0. The summed E-state index contributed by atoms with van der Waals surface area (Å²) in [5.41, 5.74) is 16.7. The zero-order chi connectivity index (χ0) is 32.4. The molecule has 48 heavy (non-hydrogen) atoms. The Kier molecular flexibility index (Phi) is 6.45. The predicted molar refractivity (Wildman–Crippen MR) is 203 cm³/mol. The van der Waals surface area contributed by atoms with E-state index >= 15 is 0 Å². The van der Waals surface area contributed by atoms with E-state index in [2.05, 4.69) is 153 Å². The van der Waals surface area contributed by atoms with Crippen molar-refractivity contribution in [1.29, 1.82) is 0 Å². The Morgan fingerprint density at radius 2 is 1.17 bits per heavy atom. The minimum Gasteiger partial charge on any atom is -0.248 e. The number of pyridine rings is 2. The maximum atomic E-state index is 5.33. The minimum atomic E-state index is 0.953. The van der Waals surface area contributed by atoms with E-state index in [-0.39, 0.29) is 0 Å². The van der Waals surface area contributed by atoms with E-state index in [1.165, 1.54) is 55.1 Å². The number of allylic oxidation sites excluding steroid dienone is 2. The molecule has 0 saturated heterocycles. The van der Waals surface area contributed by atoms with Crippen LogP contribution in [0.25, 0.3) is 77.4 Å². The smallest absolute Gasteiger partial charge is 0.0791 e. The Morgan fingerprint density at radius 1 is 0.500 bits per heavy atom. The van der Waals surface area contributed by atoms with E-state index in [0.717, 1.165) is 50.1 Å². The molecule has 2 heteroatoms. The van der Waals surface area contributed by atoms with Crippen molar-refractivity contribution in [2.45, 2.75) is 13.8 Å². The summed E-state index contributed by atoms with van der Waals surface area (Å²) in [4.78, 5) is 10.4. The molecule has 226 valence electrons. The van der Waals surface area contributed by atoms with E-state index in [1.807, 2.05) is 6.07 Å². The van der Waals surface area contributed by atoms with Gasteiger partial charge in [-0.05, 0) is 99.7 Å². The van der Waals surface area contributed by atoms with Crippen molar-refractivity contribution in [1.82, 2.24) is 9.97 Å². The van der Waals surface area contributed by atoms with Crippen LogP contribution in [0.5, 0.6) is 0 Å². The highest BCUT2D eigenvalue weighted by Crippen LogP contribution is 2.50. The van der Waals surface area contributed by atoms with E-state index in [9.17, 15) is 0 Å². The third-order valence-electron chi connectivity index (χ3n) is 9.89. The number of hydrogen-bond acceptors (Lipinski definition) is 2. The van der Waals surface area contributed by atoms with Crippen LogP contribution in [0.3, 0.4) is 0 Å². The van der Waals surface area contributed by atoms with Gasteiger partial charge in [-0.25, -0.2) is 9.97 Å². The molecule has 0 saturated carbocycles. The molecule has 0 unspecified atom stereocenters. The number of aromatic nitrogens is 2. The normalized spacial score (nSPS) is 12.5. The fourth-order valence-electron chi connectivity index (χ4n) is 7.65. The molecule has 2 heterocycles. The van der Waals surface area contributed by atoms with Gasteiger partial charge in [0, 0.05) is 27.3 Å². The van der Waals surface area contributed by atoms with Gasteiger partial charge in [0.2, 0.25) is 0 Å². The van der Waals surface area contributed by atoms with Gasteiger partial charge < -0.3 is 0 Å². The highest BCUT2D eigenvalue weighted by atomic mass is 14.7. The van der Waals surface area contributed by atoms with Crippen molar-refractivity contribution in [3.8, 4) is 33.6 Å². The number of hydrogen-bond donors (Lipinski definition) is 0. The van der Waals surface area contributed by atoms with Gasteiger partial charge in [-0.3, -0.25) is 0 Å². The predicted octanol–water partition coefficient (Wildman–Crippen LogP) is 12.0. The van der Waals surface area contributed by atoms with E-state index < -0.39 is 0 Å². The van der Waals surface area contributed by atoms with Crippen LogP contribution in [-0.2, 0) is 0 Å². The standard InChI is InChI=1S/C46H32N2/c1-28-26-38(31-14-6-4-7-15-31)44-29(2)43-36-19-11-13-21-41(36)48-46(33-17-8-5-9-18-33)45(43)30(3)42(44)35-24-22-34(27-37(28)35)40-25-23-32-16-10-12-20-39(32)47-40/h4-27H,1H2,2-3H3. The SMILES string of the molecule is C=C1C=C(c2ccccc2)c2c(c(C)c3c(-c4ccccc4)nc4ccccc4c3c2C)-c2ccc(-c3ccc4ccccc4n3)cc21. The van der Waals surface area contributed by atoms with Gasteiger partial charge >= 0.3 is 0 Å². The highest BCUT2D eigenvalue weighted by molar-refractivity contribution is 6.19. The van der Waals surface area contributed by atoms with Gasteiger partial charge in [0.25, 0.3) is 0 Å². The number of para-hydroxylation sites is 2. The fraction of sp³-hybridized carbons (Fsp3) is 0.0435. The molecule has 1 aliphatic carbocycles. The summed E-state index contributed by atoms with van der Waals surface area (Å²) in [5.74, 6) is 0. The van der Waals surface area contributed by atoms with Crippen molar-refractivity contribution in [2.24, 2.45) is 0 Å². The molecular formula is C46H32N2. The summed E-state index contributed by atoms with van der Waals surface area (Å²) in [6.07, 6.45) is 2.29. The zero-order valence-electron chi connectivity index (χ0n) is 27.0. The third-order valence-corrected chi connectivity index (χ3v) is 9.89. The second kappa shape index (κ2) is 11.0. The first-order chi connectivity index (χ1) is 23.6. The van der Waals surface area contributed by atoms with Crippen molar-refractivity contribution < 1.29 is 0 Å². The monoisotopic (exact) mass is 612 g/mol. The van der Waals surface area contributed by atoms with E-state index in [0.29, 0.717) is 0 Å². The van der Waals surface area contributed by atoms with Crippen LogP contribution in [0, 0.1) is 13.8 Å². The molecule has 0 N–H and O–H groups in total. The van der Waals surface area contributed by atoms with Gasteiger partial charge in [-0.15, -0.1) is 0 Å². The first kappa shape index (κ1) is 28.1. The lowest BCUT2D eigenvalue weighted by Crippen LogP contribution is -2.03. The van der Waals surface area contributed by atoms with E-state index in [4.69, 9.17) is 16.5 Å². The molecule has 0 fully saturated rings. The summed E-state index contributed by atoms with van der Waals surface area (Å²) >= 11 is 0. The van der Waals surface area contributed by atoms with Crippen LogP contribution in [0.1, 0.15) is 27.8 Å². The average Bonchev–Trinajstić information content (AvgIpc) is 3.27. The second-order valence-corrected chi connectivity index (χ2v) is 12.7. The van der Waals surface area contributed by atoms with Crippen LogP contribution in [0.2, 0.25) is 0 Å². The van der Waals surface area contributed by atoms with Crippen molar-refractivity contribution in [2.75, 3.05) is 0 Å². The first-order valence-electron chi connectivity index (χ1n) is 16.5. The second-order valence-electron chi connectivity index (χ2n) is 12.7. The van der Waals surface area contributed by atoms with Crippen LogP contribution in [-0.4, -0.2) is 9.97 Å². The quantitative estimate of drug-likeness (QED) is 0.186. The van der Waals surface area contributed by atoms with Gasteiger partial charge in [0.1, 0.15) is 0 Å². The number of benzene rings is 6. The molecule has 2 aromatic heterocycles. The van der Waals surface area contributed by atoms with Gasteiger partial charge in [-0.1, -0.05) is 122 Å². The Labute approximate surface area is 280 Å². The van der Waals surface area contributed by atoms with E-state index in [1.54, 1.807) is 0 Å². The molecule has 0 amide bonds. The molecule has 2 nitrogen and oxygen atoms in total. The fourth-order valence-corrected chi connectivity index (χ4v) is 7.65. The molecule has 0 atom stereocenters. The Balaban J connectivity index is 1.41. The van der Waals surface area contributed by atoms with Crippen LogP contribution in [0.4, 0.5) is 0 Å². The van der Waals surface area contributed by atoms with Gasteiger partial charge in [-0.2, -0.15) is 0 Å². The van der Waals surface area contributed by atoms with Gasteiger partial charge in [0.05, 0.1) is 22.4 Å². The van der Waals surface area contributed by atoms with Crippen LogP contribution >= 0.6 is 0 Å². The lowest BCUT2D eigenvalue weighted by atomic mass is 9.80. The Morgan fingerprint density at radius 3 is 1.96 bits per heavy atom. The maximum absolute atomic E-state index is 5.33. The molecule has 0 bridgehead atoms. The Hall–Kier alpha value is -6.12. The molecule has 8 aromatic rings. The molecular weight excluding hydrogens is 581 g/mol. The number of nitrogens with zero attached hydrogens (tertiary/aromatic N) is 2. The lowest BCUT2D eigenvalue weighted by Gasteiger charge is -2.24. The van der Waals surface area contributed by atoms with Crippen LogP contribution < -0.4 is 0 Å². The molecule has 0 aliphatic heterocycles. The zero-order valence-corrected chi connectivity index (χ0v) is 27.0. The highest BCUT2D eigenvalue weighted by Gasteiger charge is 2.28. The number of fused-ring (bicyclic) bond motifs is 7. The van der Waals surface area contributed by atoms with Crippen molar-refractivity contribution in [3.05, 3.63) is 180 Å². The topological polar surface area (TPSA) is 25.8 Å². The molecule has 0 radical (unpaired) electrons. The average molecular weight is 613 g/mol. The summed E-state index contributed by atoms with van der Waals surface area (Å²) in [6, 6.07) is 49.2. The largest absolute Gasteiger partial charge is 0.248 e. The van der Waals surface area contributed by atoms with Crippen molar-refractivity contribution in [3.63, 3.8) is 0 Å². The third kappa shape index (κ3) is 4.34. The Bertz CT molecular complexity index is 2630. The number of rotatable bonds is 3. The molecule has 9 rings (SSSR count). The summed E-state index contributed by atoms with van der Waals surface area (Å²) in [6.45, 7) is 9.27. The first-order valence-corrected chi connectivity index (χ1v) is 16.5. The maximum Gasteiger partial charge on any atom is 0.0791 e. The number of aryl methyl sites for hydroxylation is 2. The van der Waals surface area contributed by atoms with Crippen LogP contribution in [0.15, 0.2) is 152 Å². The lowest BCUT2D eigenvalue weighted by molar-refractivity contribution is 1.37. The summed E-state index contributed by atoms with van der Waals surface area (Å²) in [5, 5.41) is 4.76. The molecule has 6 aromatic carbocycles. The molecule has 0 spiro atoms. The molecule has 1 aliphatic rings. The van der Waals surface area contributed by atoms with Crippen molar-refractivity contribution >= 4 is 43.7 Å². The summed E-state index contributed by atoms with van der Waals surface area (Å²) in [7, 11) is 0. The minimum absolute atomic E-state index is 0.953.